The van der Waals surface area contributed by atoms with Gasteiger partial charge in [-0.3, -0.25) is 0 Å². The molecule has 0 aromatic heterocycles. The van der Waals surface area contributed by atoms with Crippen molar-refractivity contribution in [1.29, 1.82) is 0 Å². The van der Waals surface area contributed by atoms with Crippen LogP contribution in [0.1, 0.15) is 11.1 Å². The zero-order valence-electron chi connectivity index (χ0n) is 14.4. The van der Waals surface area contributed by atoms with E-state index in [9.17, 15) is 12.8 Å². The topological polar surface area (TPSA) is 59.0 Å². The number of ether oxygens (including phenoxy) is 1. The summed E-state index contributed by atoms with van der Waals surface area (Å²) in [5.74, 6) is 0.564. The minimum atomic E-state index is -3.67. The summed E-state index contributed by atoms with van der Waals surface area (Å²) in [6.45, 7) is 0.234. The third-order valence-electron chi connectivity index (χ3n) is 4.10. The Morgan fingerprint density at radius 1 is 1.14 bits per heavy atom. The van der Waals surface area contributed by atoms with E-state index in [-0.39, 0.29) is 18.3 Å². The van der Waals surface area contributed by atoms with Crippen LogP contribution in [0.4, 0.5) is 4.39 Å². The number of hydrogen-bond acceptors (Lipinski definition) is 4. The molecule has 0 saturated heterocycles. The number of benzene rings is 2. The molecule has 0 bridgehead atoms. The minimum absolute atomic E-state index is 0.234. The number of allylic oxidation sites excluding steroid dienone is 2. The highest BCUT2D eigenvalue weighted by molar-refractivity contribution is 7.93. The second-order valence-electron chi connectivity index (χ2n) is 6.14. The highest BCUT2D eigenvalue weighted by Crippen LogP contribution is 2.30. The Morgan fingerprint density at radius 3 is 2.68 bits per heavy atom. The summed E-state index contributed by atoms with van der Waals surface area (Å²) < 4.78 is 46.4. The number of halogens is 2. The number of sulfonamides is 1. The molecule has 0 atom stereocenters. The zero-order chi connectivity index (χ0) is 19.7. The summed E-state index contributed by atoms with van der Waals surface area (Å²) in [5.41, 5.74) is 2.04. The molecule has 0 amide bonds. The summed E-state index contributed by atoms with van der Waals surface area (Å²) in [6, 6.07) is 13.3. The van der Waals surface area contributed by atoms with Crippen molar-refractivity contribution < 1.29 is 17.5 Å². The molecule has 0 saturated carbocycles. The van der Waals surface area contributed by atoms with E-state index in [1.165, 1.54) is 18.3 Å². The van der Waals surface area contributed by atoms with Gasteiger partial charge in [0.15, 0.2) is 5.84 Å². The van der Waals surface area contributed by atoms with Crippen LogP contribution in [0.2, 0.25) is 0 Å². The molecule has 8 heteroatoms. The number of hydrogen-bond donors (Lipinski definition) is 0. The maximum absolute atomic E-state index is 13.2. The van der Waals surface area contributed by atoms with Crippen LogP contribution in [-0.2, 0) is 16.6 Å². The first-order valence-electron chi connectivity index (χ1n) is 8.28. The summed E-state index contributed by atoms with van der Waals surface area (Å²) in [7, 11) is -3.67. The van der Waals surface area contributed by atoms with Gasteiger partial charge in [0.1, 0.15) is 18.2 Å². The van der Waals surface area contributed by atoms with Crippen molar-refractivity contribution in [3.8, 4) is 5.75 Å². The largest absolute Gasteiger partial charge is 0.489 e. The molecule has 0 radical (unpaired) electrons. The van der Waals surface area contributed by atoms with Gasteiger partial charge in [-0.25, -0.2) is 4.39 Å². The normalized spacial score (nSPS) is 17.4. The number of nitrogens with zero attached hydrogens (tertiary/aromatic N) is 2. The molecule has 28 heavy (non-hydrogen) atoms. The summed E-state index contributed by atoms with van der Waals surface area (Å²) in [4.78, 5) is 1.56. The van der Waals surface area contributed by atoms with Crippen LogP contribution in [-0.4, -0.2) is 19.2 Å². The van der Waals surface area contributed by atoms with Gasteiger partial charge in [0.05, 0.1) is 10.4 Å². The van der Waals surface area contributed by atoms with Gasteiger partial charge in [0.25, 0.3) is 10.0 Å². The average Bonchev–Trinajstić information content (AvgIpc) is 2.66. The van der Waals surface area contributed by atoms with Crippen molar-refractivity contribution in [2.45, 2.75) is 6.61 Å². The highest BCUT2D eigenvalue weighted by atomic mass is 35.5. The van der Waals surface area contributed by atoms with Crippen LogP contribution in [0.5, 0.6) is 5.75 Å². The lowest BCUT2D eigenvalue weighted by Gasteiger charge is -2.26. The van der Waals surface area contributed by atoms with Crippen molar-refractivity contribution >= 4 is 33.0 Å². The third-order valence-corrected chi connectivity index (χ3v) is 5.20. The standard InChI is InChI=1S/C20H14ClFN2O3S/c21-16-11-19(20-23-28(25,26)9-8-24(20)12-16)15-4-6-18(7-5-15)27-13-14-2-1-3-17(22)10-14/h1-12H,13H2. The van der Waals surface area contributed by atoms with Crippen LogP contribution < -0.4 is 4.74 Å². The molecular formula is C20H14ClFN2O3S. The van der Waals surface area contributed by atoms with Crippen LogP contribution in [0.3, 0.4) is 0 Å². The lowest BCUT2D eigenvalue weighted by atomic mass is 10.0. The van der Waals surface area contributed by atoms with Gasteiger partial charge in [0, 0.05) is 18.0 Å². The van der Waals surface area contributed by atoms with Gasteiger partial charge < -0.3 is 9.64 Å². The Bertz CT molecular complexity index is 1150. The van der Waals surface area contributed by atoms with Crippen molar-refractivity contribution in [2.24, 2.45) is 4.40 Å². The summed E-state index contributed by atoms with van der Waals surface area (Å²) in [6.07, 6.45) is 4.66. The third kappa shape index (κ3) is 4.00. The lowest BCUT2D eigenvalue weighted by molar-refractivity contribution is 0.305. The molecule has 0 unspecified atom stereocenters. The van der Waals surface area contributed by atoms with Crippen molar-refractivity contribution in [2.75, 3.05) is 0 Å². The molecule has 2 aliphatic heterocycles. The molecule has 142 valence electrons. The Kier molecular flexibility index (Phi) is 4.78. The molecule has 2 aromatic carbocycles. The number of amidine groups is 1. The summed E-state index contributed by atoms with van der Waals surface area (Å²) >= 11 is 6.16. The first-order chi connectivity index (χ1) is 13.4. The monoisotopic (exact) mass is 416 g/mol. The molecule has 2 heterocycles. The quantitative estimate of drug-likeness (QED) is 0.741. The van der Waals surface area contributed by atoms with Crippen LogP contribution in [0.15, 0.2) is 81.8 Å². The smallest absolute Gasteiger partial charge is 0.278 e. The molecular weight excluding hydrogens is 403 g/mol. The van der Waals surface area contributed by atoms with Gasteiger partial charge in [-0.15, -0.1) is 4.40 Å². The second kappa shape index (κ2) is 7.26. The van der Waals surface area contributed by atoms with E-state index in [0.717, 1.165) is 16.5 Å². The second-order valence-corrected chi connectivity index (χ2v) is 8.06. The molecule has 0 N–H and O–H groups in total. The van der Waals surface area contributed by atoms with Crippen LogP contribution in [0, 0.1) is 5.82 Å². The molecule has 0 aliphatic carbocycles. The SMILES string of the molecule is O=S1(=O)C=CN2C=C(Cl)C=C(c3ccc(OCc4cccc(F)c4)cc3)C2=N1. The van der Waals surface area contributed by atoms with E-state index < -0.39 is 10.0 Å². The predicted octanol–water partition coefficient (Wildman–Crippen LogP) is 4.40. The van der Waals surface area contributed by atoms with E-state index in [1.807, 2.05) is 0 Å². The first-order valence-corrected chi connectivity index (χ1v) is 10.2. The van der Waals surface area contributed by atoms with E-state index in [1.54, 1.807) is 53.6 Å². The molecule has 2 aliphatic rings. The molecule has 2 aromatic rings. The highest BCUT2D eigenvalue weighted by Gasteiger charge is 2.25. The van der Waals surface area contributed by atoms with Crippen molar-refractivity contribution in [3.63, 3.8) is 0 Å². The molecule has 4 rings (SSSR count). The number of rotatable bonds is 4. The fraction of sp³-hybridized carbons (Fsp3) is 0.0500. The minimum Gasteiger partial charge on any atom is -0.489 e. The zero-order valence-corrected chi connectivity index (χ0v) is 16.0. The molecule has 0 fully saturated rings. The van der Waals surface area contributed by atoms with E-state index in [0.29, 0.717) is 16.4 Å². The van der Waals surface area contributed by atoms with Crippen LogP contribution >= 0.6 is 11.6 Å². The van der Waals surface area contributed by atoms with E-state index >= 15 is 0 Å². The van der Waals surface area contributed by atoms with E-state index in [4.69, 9.17) is 16.3 Å². The van der Waals surface area contributed by atoms with Gasteiger partial charge in [-0.05, 0) is 41.5 Å². The van der Waals surface area contributed by atoms with Gasteiger partial charge in [-0.2, -0.15) is 8.42 Å². The lowest BCUT2D eigenvalue weighted by Crippen LogP contribution is -2.28. The molecule has 0 spiro atoms. The molecule has 5 nitrogen and oxygen atoms in total. The van der Waals surface area contributed by atoms with Crippen molar-refractivity contribution in [1.82, 2.24) is 4.90 Å². The fourth-order valence-corrected chi connectivity index (χ4v) is 3.81. The Morgan fingerprint density at radius 2 is 1.93 bits per heavy atom. The van der Waals surface area contributed by atoms with Crippen LogP contribution in [0.25, 0.3) is 5.57 Å². The maximum Gasteiger partial charge on any atom is 0.278 e. The van der Waals surface area contributed by atoms with E-state index in [2.05, 4.69) is 4.40 Å². The summed E-state index contributed by atoms with van der Waals surface area (Å²) in [5, 5.41) is 1.47. The Hall–Kier alpha value is -2.90. The average molecular weight is 417 g/mol. The van der Waals surface area contributed by atoms with Gasteiger partial charge >= 0.3 is 0 Å². The maximum atomic E-state index is 13.2. The Balaban J connectivity index is 1.56. The van der Waals surface area contributed by atoms with Crippen molar-refractivity contribution in [3.05, 3.63) is 94.4 Å². The number of fused-ring (bicyclic) bond motifs is 1. The Labute approximate surface area is 166 Å². The first kappa shape index (κ1) is 18.5. The predicted molar refractivity (Wildman–Crippen MR) is 106 cm³/mol. The fourth-order valence-electron chi connectivity index (χ4n) is 2.81. The van der Waals surface area contributed by atoms with Gasteiger partial charge in [0.2, 0.25) is 0 Å². The van der Waals surface area contributed by atoms with Gasteiger partial charge in [-0.1, -0.05) is 35.9 Å².